The number of hydrogen-bond acceptors (Lipinski definition) is 7. The maximum atomic E-state index is 11.6. The number of carbonyl (C=O) groups excluding carboxylic acids is 1. The fourth-order valence-electron chi connectivity index (χ4n) is 2.39. The summed E-state index contributed by atoms with van der Waals surface area (Å²) in [5.74, 6) is -0.458. The number of methoxy groups -OCH3 is 2. The Morgan fingerprint density at radius 2 is 2.23 bits per heavy atom. The second kappa shape index (κ2) is 7.19. The van der Waals surface area contributed by atoms with Gasteiger partial charge in [0.05, 0.1) is 43.5 Å². The van der Waals surface area contributed by atoms with Gasteiger partial charge in [-0.2, -0.15) is 0 Å². The number of ether oxygens (including phenoxy) is 3. The number of esters is 1. The van der Waals surface area contributed by atoms with Crippen molar-refractivity contribution in [2.24, 2.45) is 5.92 Å². The van der Waals surface area contributed by atoms with E-state index in [2.05, 4.69) is 10.1 Å². The fourth-order valence-corrected chi connectivity index (χ4v) is 2.39. The van der Waals surface area contributed by atoms with E-state index in [9.17, 15) is 14.9 Å². The average Bonchev–Trinajstić information content (AvgIpc) is 2.93. The van der Waals surface area contributed by atoms with Crippen LogP contribution in [0.25, 0.3) is 0 Å². The van der Waals surface area contributed by atoms with Crippen LogP contribution in [0.2, 0.25) is 0 Å². The Bertz CT molecular complexity index is 562. The summed E-state index contributed by atoms with van der Waals surface area (Å²) in [5.41, 5.74) is 0.415. The number of hydrogen-bond donors (Lipinski definition) is 1. The number of benzene rings is 1. The molecule has 1 aliphatic rings. The average molecular weight is 310 g/mol. The summed E-state index contributed by atoms with van der Waals surface area (Å²) in [7, 11) is 2.85. The molecule has 0 saturated carbocycles. The molecule has 1 aromatic rings. The molecule has 0 aromatic heterocycles. The van der Waals surface area contributed by atoms with Crippen LogP contribution in [0.5, 0.6) is 0 Å². The predicted molar refractivity (Wildman–Crippen MR) is 78.0 cm³/mol. The molecule has 0 bridgehead atoms. The zero-order valence-electron chi connectivity index (χ0n) is 12.4. The Kier molecular flexibility index (Phi) is 5.29. The van der Waals surface area contributed by atoms with Gasteiger partial charge in [-0.25, -0.2) is 4.79 Å². The number of carbonyl (C=O) groups is 1. The van der Waals surface area contributed by atoms with E-state index < -0.39 is 10.9 Å². The van der Waals surface area contributed by atoms with Crippen LogP contribution in [0, 0.1) is 16.0 Å². The molecule has 8 heteroatoms. The number of anilines is 1. The van der Waals surface area contributed by atoms with Crippen LogP contribution >= 0.6 is 0 Å². The largest absolute Gasteiger partial charge is 0.465 e. The van der Waals surface area contributed by atoms with Crippen LogP contribution in [0.3, 0.4) is 0 Å². The van der Waals surface area contributed by atoms with Crippen molar-refractivity contribution in [2.45, 2.75) is 6.04 Å². The van der Waals surface area contributed by atoms with Crippen LogP contribution in [0.4, 0.5) is 11.4 Å². The molecule has 120 valence electrons. The van der Waals surface area contributed by atoms with E-state index >= 15 is 0 Å². The van der Waals surface area contributed by atoms with Gasteiger partial charge in [0.2, 0.25) is 0 Å². The Morgan fingerprint density at radius 1 is 1.45 bits per heavy atom. The molecule has 0 amide bonds. The van der Waals surface area contributed by atoms with Crippen LogP contribution < -0.4 is 5.32 Å². The highest BCUT2D eigenvalue weighted by atomic mass is 16.6. The molecule has 1 saturated heterocycles. The van der Waals surface area contributed by atoms with E-state index in [1.807, 2.05) is 0 Å². The third-order valence-corrected chi connectivity index (χ3v) is 3.53. The first-order chi connectivity index (χ1) is 10.6. The van der Waals surface area contributed by atoms with Gasteiger partial charge in [0.15, 0.2) is 0 Å². The van der Waals surface area contributed by atoms with Crippen molar-refractivity contribution in [3.05, 3.63) is 33.9 Å². The third-order valence-electron chi connectivity index (χ3n) is 3.53. The van der Waals surface area contributed by atoms with Gasteiger partial charge in [-0.05, 0) is 12.1 Å². The zero-order chi connectivity index (χ0) is 16.1. The second-order valence-electron chi connectivity index (χ2n) is 4.98. The standard InChI is InChI=1S/C14H18N2O6/c1-20-6-10-7-22-8-12(10)15-11-5-9(14(17)21-2)3-4-13(11)16(18)19/h3-5,10,12,15H,6-8H2,1-2H3/t10-,12+/m0/s1. The summed E-state index contributed by atoms with van der Waals surface area (Å²) in [6, 6.07) is 3.96. The van der Waals surface area contributed by atoms with E-state index in [1.165, 1.54) is 25.3 Å². The minimum absolute atomic E-state index is 0.0892. The maximum absolute atomic E-state index is 11.6. The van der Waals surface area contributed by atoms with Crippen molar-refractivity contribution in [3.63, 3.8) is 0 Å². The molecule has 2 rings (SSSR count). The quantitative estimate of drug-likeness (QED) is 0.482. The first-order valence-corrected chi connectivity index (χ1v) is 6.76. The van der Waals surface area contributed by atoms with Crippen LogP contribution in [0.1, 0.15) is 10.4 Å². The first kappa shape index (κ1) is 16.2. The van der Waals surface area contributed by atoms with Crippen LogP contribution in [0.15, 0.2) is 18.2 Å². The summed E-state index contributed by atoms with van der Waals surface area (Å²) < 4.78 is 15.2. The van der Waals surface area contributed by atoms with E-state index in [-0.39, 0.29) is 28.9 Å². The molecule has 1 fully saturated rings. The lowest BCUT2D eigenvalue weighted by atomic mass is 10.0. The number of nitrogens with one attached hydrogen (secondary N) is 1. The highest BCUT2D eigenvalue weighted by Crippen LogP contribution is 2.29. The summed E-state index contributed by atoms with van der Waals surface area (Å²) in [6.07, 6.45) is 0. The molecule has 1 aromatic carbocycles. The highest BCUT2D eigenvalue weighted by Gasteiger charge is 2.30. The van der Waals surface area contributed by atoms with Crippen LogP contribution in [-0.2, 0) is 14.2 Å². The molecule has 22 heavy (non-hydrogen) atoms. The molecular formula is C14H18N2O6. The molecule has 1 N–H and O–H groups in total. The normalized spacial score (nSPS) is 20.6. The van der Waals surface area contributed by atoms with Gasteiger partial charge in [0.1, 0.15) is 5.69 Å². The Morgan fingerprint density at radius 3 is 2.86 bits per heavy atom. The summed E-state index contributed by atoms with van der Waals surface area (Å²) in [5, 5.41) is 14.2. The highest BCUT2D eigenvalue weighted by molar-refractivity contribution is 5.91. The summed E-state index contributed by atoms with van der Waals surface area (Å²) in [4.78, 5) is 22.2. The lowest BCUT2D eigenvalue weighted by Gasteiger charge is -2.19. The monoisotopic (exact) mass is 310 g/mol. The fraction of sp³-hybridized carbons (Fsp3) is 0.500. The van der Waals surface area contributed by atoms with Crippen LogP contribution in [-0.4, -0.2) is 51.0 Å². The van der Waals surface area contributed by atoms with Crippen molar-refractivity contribution in [3.8, 4) is 0 Å². The van der Waals surface area contributed by atoms with Crippen molar-refractivity contribution in [1.29, 1.82) is 0 Å². The van der Waals surface area contributed by atoms with E-state index in [4.69, 9.17) is 9.47 Å². The summed E-state index contributed by atoms with van der Waals surface area (Å²) >= 11 is 0. The van der Waals surface area contributed by atoms with Gasteiger partial charge in [0.25, 0.3) is 5.69 Å². The van der Waals surface area contributed by atoms with Crippen molar-refractivity contribution < 1.29 is 23.9 Å². The van der Waals surface area contributed by atoms with Crippen molar-refractivity contribution in [1.82, 2.24) is 0 Å². The number of nitro benzene ring substituents is 1. The van der Waals surface area contributed by atoms with Gasteiger partial charge < -0.3 is 19.5 Å². The van der Waals surface area contributed by atoms with E-state index in [0.29, 0.717) is 19.8 Å². The van der Waals surface area contributed by atoms with Gasteiger partial charge in [0, 0.05) is 19.1 Å². The van der Waals surface area contributed by atoms with Gasteiger partial charge in [-0.15, -0.1) is 0 Å². The minimum atomic E-state index is -0.547. The molecule has 1 aliphatic heterocycles. The smallest absolute Gasteiger partial charge is 0.337 e. The molecule has 0 aliphatic carbocycles. The second-order valence-corrected chi connectivity index (χ2v) is 4.98. The van der Waals surface area contributed by atoms with Gasteiger partial charge in [-0.3, -0.25) is 10.1 Å². The number of nitro groups is 1. The van der Waals surface area contributed by atoms with E-state index in [0.717, 1.165) is 0 Å². The molecule has 0 unspecified atom stereocenters. The Balaban J connectivity index is 2.26. The predicted octanol–water partition coefficient (Wildman–Crippen LogP) is 1.45. The van der Waals surface area contributed by atoms with E-state index in [1.54, 1.807) is 7.11 Å². The number of nitrogens with zero attached hydrogens (tertiary/aromatic N) is 1. The molecule has 2 atom stereocenters. The molecule has 8 nitrogen and oxygen atoms in total. The topological polar surface area (TPSA) is 99.9 Å². The SMILES string of the molecule is COC[C@H]1COC[C@H]1Nc1cc(C(=O)OC)ccc1[N+](=O)[O-]. The third kappa shape index (κ3) is 3.52. The van der Waals surface area contributed by atoms with Gasteiger partial charge in [-0.1, -0.05) is 0 Å². The lowest BCUT2D eigenvalue weighted by Crippen LogP contribution is -2.31. The Labute approximate surface area is 127 Å². The minimum Gasteiger partial charge on any atom is -0.465 e. The maximum Gasteiger partial charge on any atom is 0.337 e. The van der Waals surface area contributed by atoms with Crippen molar-refractivity contribution >= 4 is 17.3 Å². The number of rotatable bonds is 6. The Hall–Kier alpha value is -2.19. The molecular weight excluding hydrogens is 292 g/mol. The molecule has 1 heterocycles. The summed E-state index contributed by atoms with van der Waals surface area (Å²) in [6.45, 7) is 1.44. The van der Waals surface area contributed by atoms with Gasteiger partial charge >= 0.3 is 5.97 Å². The first-order valence-electron chi connectivity index (χ1n) is 6.76. The molecule has 0 spiro atoms. The zero-order valence-corrected chi connectivity index (χ0v) is 12.4. The molecule has 0 radical (unpaired) electrons. The lowest BCUT2D eigenvalue weighted by molar-refractivity contribution is -0.384. The van der Waals surface area contributed by atoms with Crippen molar-refractivity contribution in [2.75, 3.05) is 39.4 Å².